The van der Waals surface area contributed by atoms with Crippen LogP contribution in [-0.4, -0.2) is 149 Å². The molecule has 0 bridgehead atoms. The molecule has 5 rings (SSSR count). The number of imide groups is 1. The minimum absolute atomic E-state index is 0.0195. The quantitative estimate of drug-likeness (QED) is 0.0106. The number of nitrogens with zero attached hydrogens (tertiary/aromatic N) is 1. The van der Waals surface area contributed by atoms with Crippen molar-refractivity contribution in [1.29, 1.82) is 0 Å². The fourth-order valence-electron chi connectivity index (χ4n) is 10.1. The lowest BCUT2D eigenvalue weighted by atomic mass is 9.87. The number of hydrogen-bond acceptors (Lipinski definition) is 19. The number of nitrogens with one attached hydrogen (secondary N) is 4. The van der Waals surface area contributed by atoms with E-state index in [0.29, 0.717) is 61.4 Å². The number of ketones is 2. The van der Waals surface area contributed by atoms with Crippen molar-refractivity contribution < 1.29 is 91.1 Å². The van der Waals surface area contributed by atoms with E-state index in [0.717, 1.165) is 5.57 Å². The summed E-state index contributed by atoms with van der Waals surface area (Å²) in [6.07, 6.45) is 5.87. The smallest absolute Gasteiger partial charge is 0.407 e. The minimum atomic E-state index is -1.16. The van der Waals surface area contributed by atoms with Crippen molar-refractivity contribution in [3.8, 4) is 0 Å². The molecule has 4 fully saturated rings. The number of hydroxylamine groups is 2. The van der Waals surface area contributed by atoms with Gasteiger partial charge in [-0.2, -0.15) is 0 Å². The van der Waals surface area contributed by atoms with Crippen molar-refractivity contribution in [1.82, 2.24) is 21.0 Å². The molecule has 85 heavy (non-hydrogen) atoms. The Labute approximate surface area is 495 Å². The molecule has 4 aliphatic heterocycles. The normalized spacial score (nSPS) is 24.1. The first-order valence-corrected chi connectivity index (χ1v) is 29.1. The maximum Gasteiger partial charge on any atom is 0.407 e. The predicted octanol–water partition coefficient (Wildman–Crippen LogP) is 4.95. The third kappa shape index (κ3) is 23.2. The fraction of sp³-hybridized carbons (Fsp3) is 0.617. The number of primary amides is 1. The summed E-state index contributed by atoms with van der Waals surface area (Å²) < 4.78 is 34.2. The summed E-state index contributed by atoms with van der Waals surface area (Å²) in [5.41, 5.74) is 6.18. The first kappa shape index (κ1) is 68.4. The zero-order chi connectivity index (χ0) is 62.4. The number of esters is 2. The van der Waals surface area contributed by atoms with E-state index in [-0.39, 0.29) is 107 Å². The van der Waals surface area contributed by atoms with E-state index in [9.17, 15) is 57.8 Å². The molecule has 25 heteroatoms. The molecule has 1 aromatic carbocycles. The van der Waals surface area contributed by atoms with Gasteiger partial charge in [-0.1, -0.05) is 63.1 Å². The largest absolute Gasteiger partial charge is 0.459 e. The number of carbonyl (C=O) groups excluding carboxylic acids is 11. The van der Waals surface area contributed by atoms with Crippen LogP contribution in [0.4, 0.5) is 15.3 Å². The van der Waals surface area contributed by atoms with Gasteiger partial charge in [-0.15, -0.1) is 5.06 Å². The number of ether oxygens (including phenoxy) is 6. The molecule has 4 aliphatic rings. The first-order valence-electron chi connectivity index (χ1n) is 29.1. The number of unbranched alkanes of at least 4 members (excludes halogenated alkanes) is 2. The molecule has 0 aliphatic carbocycles. The van der Waals surface area contributed by atoms with Gasteiger partial charge in [0.25, 0.3) is 11.8 Å². The number of carbonyl (C=O) groups is 11. The van der Waals surface area contributed by atoms with Crippen LogP contribution in [0.2, 0.25) is 0 Å². The van der Waals surface area contributed by atoms with Crippen LogP contribution in [0.15, 0.2) is 60.2 Å². The van der Waals surface area contributed by atoms with Crippen LogP contribution >= 0.6 is 0 Å². The molecular formula is C60H84N6O19. The Hall–Kier alpha value is -7.35. The Morgan fingerprint density at radius 1 is 0.882 bits per heavy atom. The van der Waals surface area contributed by atoms with Gasteiger partial charge in [-0.05, 0) is 94.9 Å². The second-order valence-electron chi connectivity index (χ2n) is 22.6. The van der Waals surface area contributed by atoms with Crippen LogP contribution in [0.1, 0.15) is 144 Å². The van der Waals surface area contributed by atoms with E-state index in [1.54, 1.807) is 51.1 Å². The molecule has 25 nitrogen and oxygen atoms in total. The Morgan fingerprint density at radius 3 is 2.21 bits per heavy atom. The number of Topliss-reactive ketones (excluding diaryl/α,β-unsaturated/α-hetero) is 2. The van der Waals surface area contributed by atoms with Gasteiger partial charge in [0.15, 0.2) is 17.7 Å². The molecule has 7 amide bonds. The molecule has 4 saturated heterocycles. The zero-order valence-corrected chi connectivity index (χ0v) is 49.6. The number of amides is 7. The van der Waals surface area contributed by atoms with Crippen LogP contribution in [0, 0.1) is 17.8 Å². The zero-order valence-electron chi connectivity index (χ0n) is 49.6. The topological polar surface area (TPSA) is 353 Å². The molecule has 0 aromatic heterocycles. The lowest BCUT2D eigenvalue weighted by Gasteiger charge is -2.39. The number of urea groups is 1. The lowest BCUT2D eigenvalue weighted by Crippen LogP contribution is -2.50. The highest BCUT2D eigenvalue weighted by molar-refractivity contribution is 6.01. The van der Waals surface area contributed by atoms with Crippen molar-refractivity contribution in [2.24, 2.45) is 23.5 Å². The summed E-state index contributed by atoms with van der Waals surface area (Å²) in [7, 11) is 0. The maximum atomic E-state index is 13.7. The van der Waals surface area contributed by atoms with Gasteiger partial charge in [0.05, 0.1) is 37.5 Å². The van der Waals surface area contributed by atoms with Gasteiger partial charge in [0.2, 0.25) is 11.8 Å². The van der Waals surface area contributed by atoms with Crippen molar-refractivity contribution in [2.45, 2.75) is 199 Å². The summed E-state index contributed by atoms with van der Waals surface area (Å²) in [5, 5.41) is 22.4. The number of hydrogen-bond donors (Lipinski definition) is 6. The number of aliphatic hydroxyl groups is 1. The molecule has 0 saturated carbocycles. The Morgan fingerprint density at radius 2 is 1.56 bits per heavy atom. The number of benzene rings is 1. The van der Waals surface area contributed by atoms with E-state index >= 15 is 0 Å². The summed E-state index contributed by atoms with van der Waals surface area (Å²) in [5.74, 6) is -5.82. The number of nitrogens with two attached hydrogens (primary N) is 1. The van der Waals surface area contributed by atoms with Crippen molar-refractivity contribution >= 4 is 70.9 Å². The highest BCUT2D eigenvalue weighted by Gasteiger charge is 2.58. The number of rotatable bonds is 32. The number of anilines is 1. The van der Waals surface area contributed by atoms with E-state index in [2.05, 4.69) is 28.2 Å². The standard InChI is InChI=1S/C60H84N6O19/c1-35(2)55(84-53(73)13-9-8-10-14-54(74)85-66-51(71)25-26-52(66)72)47(69)29-42(12-11-27-62-58(61)77)57(76)64-43-20-18-41(19-21-43)33-79-59(78)63-32-44(68)30-45-31-60(34-80-60)56(75)49(83-45)23-16-36(3)15-22-48-37(4)28-46(39(6)82-48)65-50(70)24-17-38(5)81-40(7)67/h15-21,23-24,35,37-39,42,45-46,48-49,55-56,75H,8-14,22,25-34H2,1-7H3,(H,63,78)(H,64,76)(H,65,70)(H3,61,62,77)/b23-16+,24-17-,36-15+/t37-,38-,39+,42+,45+,46+,48-,49+,55-,56+,60+/m0/s1. The second-order valence-corrected chi connectivity index (χ2v) is 22.6. The molecule has 11 atom stereocenters. The molecule has 1 aromatic rings. The van der Waals surface area contributed by atoms with E-state index < -0.39 is 101 Å². The Bertz CT molecular complexity index is 2620. The van der Waals surface area contributed by atoms with E-state index in [1.807, 2.05) is 26.0 Å². The average molecular weight is 1190 g/mol. The molecule has 0 radical (unpaired) electrons. The predicted molar refractivity (Wildman–Crippen MR) is 304 cm³/mol. The van der Waals surface area contributed by atoms with Crippen LogP contribution in [0.3, 0.4) is 0 Å². The molecule has 468 valence electrons. The first-order chi connectivity index (χ1) is 40.3. The number of allylic oxidation sites excluding steroid dienone is 2. The summed E-state index contributed by atoms with van der Waals surface area (Å²) >= 11 is 0. The van der Waals surface area contributed by atoms with Crippen molar-refractivity contribution in [3.63, 3.8) is 0 Å². The van der Waals surface area contributed by atoms with Crippen LogP contribution < -0.4 is 27.0 Å². The minimum Gasteiger partial charge on any atom is -0.459 e. The lowest BCUT2D eigenvalue weighted by molar-refractivity contribution is -0.197. The van der Waals surface area contributed by atoms with Crippen molar-refractivity contribution in [2.75, 3.05) is 25.0 Å². The number of aliphatic hydroxyl groups excluding tert-OH is 1. The van der Waals surface area contributed by atoms with Gasteiger partial charge < -0.3 is 65.4 Å². The monoisotopic (exact) mass is 1190 g/mol. The van der Waals surface area contributed by atoms with Crippen LogP contribution in [0.5, 0.6) is 0 Å². The third-order valence-electron chi connectivity index (χ3n) is 14.9. The van der Waals surface area contributed by atoms with Gasteiger partial charge in [0.1, 0.15) is 30.5 Å². The van der Waals surface area contributed by atoms with Gasteiger partial charge >= 0.3 is 30.0 Å². The molecule has 4 heterocycles. The summed E-state index contributed by atoms with van der Waals surface area (Å²) in [6.45, 7) is 12.2. The molecule has 0 unspecified atom stereocenters. The second kappa shape index (κ2) is 33.4. The number of epoxide rings is 1. The van der Waals surface area contributed by atoms with E-state index in [4.69, 9.17) is 39.0 Å². The number of alkyl carbamates (subject to hydrolysis) is 1. The molecule has 1 spiro atoms. The van der Waals surface area contributed by atoms with Crippen LogP contribution in [0.25, 0.3) is 0 Å². The van der Waals surface area contributed by atoms with E-state index in [1.165, 1.54) is 19.1 Å². The molecule has 7 N–H and O–H groups in total. The highest BCUT2D eigenvalue weighted by atomic mass is 16.7. The fourth-order valence-corrected chi connectivity index (χ4v) is 10.1. The summed E-state index contributed by atoms with van der Waals surface area (Å²) in [6, 6.07) is 5.42. The van der Waals surface area contributed by atoms with Crippen molar-refractivity contribution in [3.05, 3.63) is 65.8 Å². The summed E-state index contributed by atoms with van der Waals surface area (Å²) in [4.78, 5) is 141. The average Bonchev–Trinajstić information content (AvgIpc) is 2.26. The van der Waals surface area contributed by atoms with Crippen LogP contribution in [-0.2, 0) is 83.0 Å². The maximum absolute atomic E-state index is 13.7. The van der Waals surface area contributed by atoms with Gasteiger partial charge in [-0.25, -0.2) is 14.4 Å². The SMILES string of the molecule is CC(=O)O[C@@H](C)/C=C\C(=O)N[C@@H]1C[C@H](C)[C@H](C/C=C(C)/C=C/[C@H]2O[C@H](CC(=O)CNC(=O)OCc3ccc(NC(=O)[C@H](CCCNC(N)=O)CC(=O)[C@@H](OC(=O)CCCCCC(=O)ON4C(=O)CCC4=O)C(C)C)cc3)C[C@@]3(CO3)[C@@H]2O)O[C@@H]1C. The van der Waals surface area contributed by atoms with Gasteiger partial charge in [-0.3, -0.25) is 38.4 Å². The molecular weight excluding hydrogens is 1110 g/mol. The third-order valence-corrected chi connectivity index (χ3v) is 14.9. The highest BCUT2D eigenvalue weighted by Crippen LogP contribution is 2.43. The Kier molecular flexibility index (Phi) is 26.9. The Balaban J connectivity index is 1.03. The van der Waals surface area contributed by atoms with Gasteiger partial charge in [0, 0.05) is 76.1 Å².